The van der Waals surface area contributed by atoms with Crippen molar-refractivity contribution >= 4 is 15.8 Å². The Morgan fingerprint density at radius 3 is 2.25 bits per heavy atom. The van der Waals surface area contributed by atoms with E-state index in [2.05, 4.69) is 4.72 Å². The summed E-state index contributed by atoms with van der Waals surface area (Å²) < 4.78 is 41.1. The first-order chi connectivity index (χ1) is 15.4. The van der Waals surface area contributed by atoms with Crippen molar-refractivity contribution in [2.45, 2.75) is 62.2 Å². The highest BCUT2D eigenvalue weighted by Gasteiger charge is 2.53. The van der Waals surface area contributed by atoms with Gasteiger partial charge in [0.15, 0.2) is 0 Å². The largest absolute Gasteiger partial charge is 0.458 e. The molecule has 6 heteroatoms. The van der Waals surface area contributed by atoms with Gasteiger partial charge in [0.1, 0.15) is 5.76 Å². The predicted molar refractivity (Wildman–Crippen MR) is 122 cm³/mol. The summed E-state index contributed by atoms with van der Waals surface area (Å²) in [5.41, 5.74) is 2.78. The molecule has 1 atom stereocenters. The van der Waals surface area contributed by atoms with Gasteiger partial charge in [0, 0.05) is 11.1 Å². The number of rotatable bonds is 5. The maximum atomic E-state index is 12.8. The fourth-order valence-corrected chi connectivity index (χ4v) is 7.58. The van der Waals surface area contributed by atoms with Crippen LogP contribution in [0.15, 0.2) is 59.6 Å². The fraction of sp³-hybridized carbons (Fsp3) is 0.462. The summed E-state index contributed by atoms with van der Waals surface area (Å²) in [4.78, 5) is 0.229. The summed E-state index contributed by atoms with van der Waals surface area (Å²) in [6.45, 7) is 1.93. The Morgan fingerprint density at radius 1 is 0.969 bits per heavy atom. The van der Waals surface area contributed by atoms with Crippen molar-refractivity contribution in [3.05, 3.63) is 71.4 Å². The molecule has 5 aliphatic rings. The summed E-state index contributed by atoms with van der Waals surface area (Å²) in [5, 5.41) is 0. The number of hydrogen-bond donors (Lipinski definition) is 1. The molecule has 1 heterocycles. The van der Waals surface area contributed by atoms with Crippen LogP contribution >= 0.6 is 0 Å². The van der Waals surface area contributed by atoms with Gasteiger partial charge in [0.2, 0.25) is 6.29 Å². The monoisotopic (exact) mass is 451 g/mol. The van der Waals surface area contributed by atoms with E-state index >= 15 is 0 Å². The molecule has 1 N–H and O–H groups in total. The zero-order valence-corrected chi connectivity index (χ0v) is 19.1. The first-order valence-corrected chi connectivity index (χ1v) is 13.1. The molecule has 1 aliphatic heterocycles. The molecular formula is C26H29NO4S. The molecular weight excluding hydrogens is 422 g/mol. The molecule has 2 aromatic rings. The van der Waals surface area contributed by atoms with Gasteiger partial charge in [-0.2, -0.15) is 0 Å². The van der Waals surface area contributed by atoms with E-state index in [0.29, 0.717) is 5.76 Å². The second-order valence-electron chi connectivity index (χ2n) is 10.2. The highest BCUT2D eigenvalue weighted by Crippen LogP contribution is 2.59. The van der Waals surface area contributed by atoms with Crippen molar-refractivity contribution < 1.29 is 17.9 Å². The van der Waals surface area contributed by atoms with Gasteiger partial charge >= 0.3 is 0 Å². The van der Waals surface area contributed by atoms with E-state index in [-0.39, 0.29) is 10.5 Å². The van der Waals surface area contributed by atoms with Crippen LogP contribution in [0.2, 0.25) is 0 Å². The lowest BCUT2D eigenvalue weighted by atomic mass is 9.54. The van der Waals surface area contributed by atoms with Gasteiger partial charge < -0.3 is 9.47 Å². The molecule has 4 saturated carbocycles. The highest BCUT2D eigenvalue weighted by molar-refractivity contribution is 7.89. The summed E-state index contributed by atoms with van der Waals surface area (Å²) in [6, 6.07) is 14.7. The Morgan fingerprint density at radius 2 is 1.59 bits per heavy atom. The van der Waals surface area contributed by atoms with Crippen molar-refractivity contribution in [2.75, 3.05) is 0 Å². The Hall–Kier alpha value is -2.31. The average molecular weight is 452 g/mol. The number of aryl methyl sites for hydroxylation is 1. The average Bonchev–Trinajstić information content (AvgIpc) is 3.09. The topological polar surface area (TPSA) is 64.6 Å². The van der Waals surface area contributed by atoms with Crippen molar-refractivity contribution in [1.82, 2.24) is 4.72 Å². The smallest absolute Gasteiger partial charge is 0.261 e. The number of benzene rings is 2. The Balaban J connectivity index is 1.25. The molecule has 0 aromatic heterocycles. The van der Waals surface area contributed by atoms with Crippen LogP contribution in [0, 0.1) is 24.7 Å². The van der Waals surface area contributed by atoms with E-state index in [1.807, 2.05) is 31.2 Å². The highest BCUT2D eigenvalue weighted by atomic mass is 32.2. The van der Waals surface area contributed by atoms with Crippen LogP contribution in [-0.2, 0) is 19.5 Å². The number of nitrogens with one attached hydrogen (secondary N) is 1. The molecule has 0 spiro atoms. The molecule has 5 nitrogen and oxygen atoms in total. The van der Waals surface area contributed by atoms with Crippen LogP contribution in [-0.4, -0.2) is 14.0 Å². The standard InChI is InChI=1S/C26H29NO4S/c1-17-6-8-21(9-7-17)32(28,29)27-16-24-22-4-2-3-5-23(22)25(30-24)31-26-13-18-10-19(14-26)12-20(11-18)15-26/h2-9,16,18-20,25,27H,10-15H2,1H3/b24-16+. The molecule has 0 saturated heterocycles. The molecule has 4 fully saturated rings. The lowest BCUT2D eigenvalue weighted by Gasteiger charge is -2.56. The molecule has 1 unspecified atom stereocenters. The van der Waals surface area contributed by atoms with Crippen LogP contribution < -0.4 is 4.72 Å². The second kappa shape index (κ2) is 7.35. The Kier molecular flexibility index (Phi) is 4.67. The normalized spacial score (nSPS) is 33.8. The summed E-state index contributed by atoms with van der Waals surface area (Å²) in [6.07, 6.45) is 8.42. The third-order valence-electron chi connectivity index (χ3n) is 7.73. The quantitative estimate of drug-likeness (QED) is 0.671. The predicted octanol–water partition coefficient (Wildman–Crippen LogP) is 5.29. The van der Waals surface area contributed by atoms with Crippen molar-refractivity contribution in [3.63, 3.8) is 0 Å². The first-order valence-electron chi connectivity index (χ1n) is 11.6. The molecule has 2 aromatic carbocycles. The number of ether oxygens (including phenoxy) is 2. The number of fused-ring (bicyclic) bond motifs is 1. The van der Waals surface area contributed by atoms with Crippen LogP contribution in [0.5, 0.6) is 0 Å². The van der Waals surface area contributed by atoms with E-state index in [4.69, 9.17) is 9.47 Å². The van der Waals surface area contributed by atoms with Gasteiger partial charge in [-0.15, -0.1) is 0 Å². The number of sulfonamides is 1. The van der Waals surface area contributed by atoms with Crippen molar-refractivity contribution in [2.24, 2.45) is 17.8 Å². The third-order valence-corrected chi connectivity index (χ3v) is 9.05. The Labute approximate surface area is 189 Å². The van der Waals surface area contributed by atoms with Gasteiger partial charge in [-0.25, -0.2) is 8.42 Å². The molecule has 4 aliphatic carbocycles. The first kappa shape index (κ1) is 20.3. The minimum Gasteiger partial charge on any atom is -0.458 e. The van der Waals surface area contributed by atoms with Crippen molar-refractivity contribution in [3.8, 4) is 0 Å². The minimum atomic E-state index is -3.68. The third kappa shape index (κ3) is 3.54. The van der Waals surface area contributed by atoms with Gasteiger partial charge in [-0.3, -0.25) is 4.72 Å². The summed E-state index contributed by atoms with van der Waals surface area (Å²) >= 11 is 0. The van der Waals surface area contributed by atoms with E-state index < -0.39 is 16.3 Å². The summed E-state index contributed by atoms with van der Waals surface area (Å²) in [5.74, 6) is 2.86. The molecule has 4 bridgehead atoms. The number of hydrogen-bond acceptors (Lipinski definition) is 4. The van der Waals surface area contributed by atoms with Crippen LogP contribution in [0.25, 0.3) is 5.76 Å². The molecule has 0 radical (unpaired) electrons. The van der Waals surface area contributed by atoms with Gasteiger partial charge in [0.25, 0.3) is 10.0 Å². The van der Waals surface area contributed by atoms with E-state index in [1.54, 1.807) is 24.3 Å². The molecule has 168 valence electrons. The van der Waals surface area contributed by atoms with Crippen LogP contribution in [0.3, 0.4) is 0 Å². The summed E-state index contributed by atoms with van der Waals surface area (Å²) in [7, 11) is -3.68. The van der Waals surface area contributed by atoms with Crippen LogP contribution in [0.4, 0.5) is 0 Å². The zero-order chi connectivity index (χ0) is 21.9. The van der Waals surface area contributed by atoms with Crippen LogP contribution in [0.1, 0.15) is 61.5 Å². The minimum absolute atomic E-state index is 0.0939. The van der Waals surface area contributed by atoms with E-state index in [0.717, 1.165) is 53.7 Å². The van der Waals surface area contributed by atoms with Gasteiger partial charge in [0.05, 0.1) is 16.7 Å². The van der Waals surface area contributed by atoms with E-state index in [1.165, 1.54) is 25.5 Å². The maximum Gasteiger partial charge on any atom is 0.261 e. The van der Waals surface area contributed by atoms with Gasteiger partial charge in [-0.1, -0.05) is 42.0 Å². The molecule has 7 rings (SSSR count). The molecule has 0 amide bonds. The van der Waals surface area contributed by atoms with Crippen molar-refractivity contribution in [1.29, 1.82) is 0 Å². The van der Waals surface area contributed by atoms with Gasteiger partial charge in [-0.05, 0) is 75.3 Å². The second-order valence-corrected chi connectivity index (χ2v) is 11.9. The fourth-order valence-electron chi connectivity index (χ4n) is 6.69. The SMILES string of the molecule is Cc1ccc(S(=O)(=O)N/C=C2/OC(OC34CC5CC(CC(C5)C3)C4)c3ccccc32)cc1. The lowest BCUT2D eigenvalue weighted by Crippen LogP contribution is -2.52. The lowest BCUT2D eigenvalue weighted by molar-refractivity contribution is -0.238. The zero-order valence-electron chi connectivity index (χ0n) is 18.3. The van der Waals surface area contributed by atoms with E-state index in [9.17, 15) is 8.42 Å². The maximum absolute atomic E-state index is 12.8. The Bertz CT molecular complexity index is 1130. The molecule has 32 heavy (non-hydrogen) atoms.